The van der Waals surface area contributed by atoms with Crippen LogP contribution in [0, 0.1) is 0 Å². The molecule has 1 aromatic rings. The van der Waals surface area contributed by atoms with Crippen LogP contribution in [0.1, 0.15) is 24.9 Å². The molecule has 0 aromatic heterocycles. The molecule has 1 aliphatic rings. The van der Waals surface area contributed by atoms with Gasteiger partial charge in [-0.3, -0.25) is 14.9 Å². The highest BCUT2D eigenvalue weighted by Gasteiger charge is 2.33. The Labute approximate surface area is 137 Å². The number of nitrogens with zero attached hydrogens (tertiary/aromatic N) is 1. The standard InChI is InChI=1S/C14H15Cl2N3O3/c1-7(9-4-3-8(15)5-10(9)16)19(2)12(20)6-11-13(21)18-14(22)17-11/h3-5,7,11H,6H2,1-2H3,(H2,17,18,21,22)/t7-,11-/m0/s1. The van der Waals surface area contributed by atoms with Crippen molar-refractivity contribution in [3.8, 4) is 0 Å². The fourth-order valence-corrected chi connectivity index (χ4v) is 2.75. The molecule has 1 aromatic carbocycles. The maximum absolute atomic E-state index is 12.3. The van der Waals surface area contributed by atoms with E-state index in [1.807, 2.05) is 6.92 Å². The molecule has 2 N–H and O–H groups in total. The third kappa shape index (κ3) is 3.51. The average Bonchev–Trinajstić information content (AvgIpc) is 2.75. The number of rotatable bonds is 4. The first-order valence-corrected chi connectivity index (χ1v) is 7.37. The molecule has 8 heteroatoms. The molecule has 0 spiro atoms. The SMILES string of the molecule is C[C@@H](c1ccc(Cl)cc1Cl)N(C)C(=O)C[C@@H]1NC(=O)NC1=O. The fraction of sp³-hybridized carbons (Fsp3) is 0.357. The van der Waals surface area contributed by atoms with Gasteiger partial charge in [-0.15, -0.1) is 0 Å². The van der Waals surface area contributed by atoms with Gasteiger partial charge in [0.05, 0.1) is 12.5 Å². The zero-order valence-electron chi connectivity index (χ0n) is 12.0. The Balaban J connectivity index is 2.06. The second-order valence-corrected chi connectivity index (χ2v) is 5.91. The predicted octanol–water partition coefficient (Wildman–Crippen LogP) is 2.11. The van der Waals surface area contributed by atoms with Crippen LogP contribution in [-0.4, -0.2) is 35.8 Å². The zero-order valence-corrected chi connectivity index (χ0v) is 13.5. The summed E-state index contributed by atoms with van der Waals surface area (Å²) in [7, 11) is 1.62. The zero-order chi connectivity index (χ0) is 16.4. The second kappa shape index (κ2) is 6.54. The van der Waals surface area contributed by atoms with Gasteiger partial charge >= 0.3 is 6.03 Å². The Morgan fingerprint density at radius 3 is 2.59 bits per heavy atom. The molecule has 1 heterocycles. The van der Waals surface area contributed by atoms with Crippen molar-refractivity contribution in [1.82, 2.24) is 15.5 Å². The number of hydrogen-bond donors (Lipinski definition) is 2. The molecular formula is C14H15Cl2N3O3. The Kier molecular flexibility index (Phi) is 4.93. The molecule has 4 amide bonds. The van der Waals surface area contributed by atoms with Gasteiger partial charge in [-0.2, -0.15) is 0 Å². The summed E-state index contributed by atoms with van der Waals surface area (Å²) in [6.07, 6.45) is -0.108. The van der Waals surface area contributed by atoms with E-state index in [1.165, 1.54) is 4.90 Å². The number of hydrogen-bond acceptors (Lipinski definition) is 3. The minimum atomic E-state index is -0.838. The van der Waals surface area contributed by atoms with E-state index in [0.717, 1.165) is 5.56 Å². The van der Waals surface area contributed by atoms with Crippen molar-refractivity contribution in [3.05, 3.63) is 33.8 Å². The van der Waals surface area contributed by atoms with E-state index in [2.05, 4.69) is 10.6 Å². The third-order valence-electron chi connectivity index (χ3n) is 3.62. The van der Waals surface area contributed by atoms with Crippen molar-refractivity contribution in [3.63, 3.8) is 0 Å². The molecule has 0 radical (unpaired) electrons. The molecule has 0 aliphatic carbocycles. The summed E-state index contributed by atoms with van der Waals surface area (Å²) in [6, 6.07) is 3.34. The first-order valence-electron chi connectivity index (χ1n) is 6.61. The van der Waals surface area contributed by atoms with Crippen molar-refractivity contribution in [2.75, 3.05) is 7.05 Å². The molecule has 0 bridgehead atoms. The molecule has 22 heavy (non-hydrogen) atoms. The maximum atomic E-state index is 12.3. The average molecular weight is 344 g/mol. The van der Waals surface area contributed by atoms with Crippen molar-refractivity contribution >= 4 is 41.0 Å². The Morgan fingerprint density at radius 1 is 1.36 bits per heavy atom. The smallest absolute Gasteiger partial charge is 0.322 e. The molecule has 0 saturated carbocycles. The Bertz CT molecular complexity index is 636. The van der Waals surface area contributed by atoms with E-state index in [1.54, 1.807) is 25.2 Å². The Morgan fingerprint density at radius 2 is 2.05 bits per heavy atom. The number of urea groups is 1. The van der Waals surface area contributed by atoms with E-state index in [4.69, 9.17) is 23.2 Å². The fourth-order valence-electron chi connectivity index (χ4n) is 2.19. The predicted molar refractivity (Wildman–Crippen MR) is 82.7 cm³/mol. The van der Waals surface area contributed by atoms with Crippen molar-refractivity contribution in [2.45, 2.75) is 25.4 Å². The monoisotopic (exact) mass is 343 g/mol. The lowest BCUT2D eigenvalue weighted by molar-refractivity contribution is -0.134. The number of carbonyl (C=O) groups excluding carboxylic acids is 3. The molecular weight excluding hydrogens is 329 g/mol. The number of halogens is 2. The van der Waals surface area contributed by atoms with Gasteiger partial charge in [0.1, 0.15) is 6.04 Å². The van der Waals surface area contributed by atoms with Crippen LogP contribution in [-0.2, 0) is 9.59 Å². The topological polar surface area (TPSA) is 78.5 Å². The van der Waals surface area contributed by atoms with Crippen LogP contribution in [0.15, 0.2) is 18.2 Å². The maximum Gasteiger partial charge on any atom is 0.322 e. The molecule has 118 valence electrons. The summed E-state index contributed by atoms with van der Waals surface area (Å²) in [5, 5.41) is 5.47. The first-order chi connectivity index (χ1) is 10.3. The number of amides is 4. The minimum Gasteiger partial charge on any atom is -0.339 e. The summed E-state index contributed by atoms with van der Waals surface area (Å²) in [4.78, 5) is 36.3. The number of benzene rings is 1. The highest BCUT2D eigenvalue weighted by molar-refractivity contribution is 6.35. The molecule has 2 atom stereocenters. The van der Waals surface area contributed by atoms with Gasteiger partial charge in [-0.05, 0) is 24.6 Å². The molecule has 1 aliphatic heterocycles. The lowest BCUT2D eigenvalue weighted by atomic mass is 10.1. The summed E-state index contributed by atoms with van der Waals surface area (Å²) >= 11 is 12.0. The van der Waals surface area contributed by atoms with Crippen molar-refractivity contribution < 1.29 is 14.4 Å². The number of imide groups is 1. The van der Waals surface area contributed by atoms with Gasteiger partial charge in [-0.1, -0.05) is 29.3 Å². The van der Waals surface area contributed by atoms with Crippen LogP contribution in [0.5, 0.6) is 0 Å². The van der Waals surface area contributed by atoms with E-state index >= 15 is 0 Å². The summed E-state index contributed by atoms with van der Waals surface area (Å²) < 4.78 is 0. The summed E-state index contributed by atoms with van der Waals surface area (Å²) in [6.45, 7) is 1.82. The van der Waals surface area contributed by atoms with E-state index in [9.17, 15) is 14.4 Å². The molecule has 2 rings (SSSR count). The number of nitrogens with one attached hydrogen (secondary N) is 2. The van der Waals surface area contributed by atoms with Crippen LogP contribution in [0.4, 0.5) is 4.79 Å². The summed E-state index contributed by atoms with van der Waals surface area (Å²) in [5.74, 6) is -0.773. The molecule has 1 fully saturated rings. The largest absolute Gasteiger partial charge is 0.339 e. The third-order valence-corrected chi connectivity index (χ3v) is 4.19. The molecule has 1 saturated heterocycles. The molecule has 6 nitrogen and oxygen atoms in total. The van der Waals surface area contributed by atoms with E-state index in [0.29, 0.717) is 10.0 Å². The highest BCUT2D eigenvalue weighted by atomic mass is 35.5. The summed E-state index contributed by atoms with van der Waals surface area (Å²) in [5.41, 5.74) is 0.752. The van der Waals surface area contributed by atoms with Crippen molar-refractivity contribution in [1.29, 1.82) is 0 Å². The number of carbonyl (C=O) groups is 3. The van der Waals surface area contributed by atoms with Gasteiger partial charge in [0.2, 0.25) is 5.91 Å². The van der Waals surface area contributed by atoms with Gasteiger partial charge in [0.25, 0.3) is 5.91 Å². The lowest BCUT2D eigenvalue weighted by Gasteiger charge is -2.27. The van der Waals surface area contributed by atoms with Crippen LogP contribution < -0.4 is 10.6 Å². The van der Waals surface area contributed by atoms with Gasteiger partial charge in [0.15, 0.2) is 0 Å². The molecule has 0 unspecified atom stereocenters. The first kappa shape index (κ1) is 16.6. The van der Waals surface area contributed by atoms with Gasteiger partial charge < -0.3 is 10.2 Å². The quantitative estimate of drug-likeness (QED) is 0.821. The second-order valence-electron chi connectivity index (χ2n) is 5.07. The highest BCUT2D eigenvalue weighted by Crippen LogP contribution is 2.29. The van der Waals surface area contributed by atoms with Crippen LogP contribution in [0.3, 0.4) is 0 Å². The van der Waals surface area contributed by atoms with Gasteiger partial charge in [-0.25, -0.2) is 4.79 Å². The van der Waals surface area contributed by atoms with Gasteiger partial charge in [0, 0.05) is 17.1 Å². The normalized spacial score (nSPS) is 18.6. The van der Waals surface area contributed by atoms with E-state index in [-0.39, 0.29) is 18.4 Å². The van der Waals surface area contributed by atoms with Crippen LogP contribution in [0.2, 0.25) is 10.0 Å². The van der Waals surface area contributed by atoms with Crippen molar-refractivity contribution in [2.24, 2.45) is 0 Å². The van der Waals surface area contributed by atoms with E-state index < -0.39 is 18.0 Å². The van der Waals surface area contributed by atoms with Crippen LogP contribution >= 0.6 is 23.2 Å². The Hall–Kier alpha value is -1.79. The minimum absolute atomic E-state index is 0.108. The lowest BCUT2D eigenvalue weighted by Crippen LogP contribution is -2.38. The van der Waals surface area contributed by atoms with Crippen LogP contribution in [0.25, 0.3) is 0 Å².